The van der Waals surface area contributed by atoms with Crippen LogP contribution in [0.3, 0.4) is 0 Å². The van der Waals surface area contributed by atoms with Crippen molar-refractivity contribution in [2.75, 3.05) is 32.6 Å². The van der Waals surface area contributed by atoms with E-state index in [4.69, 9.17) is 9.47 Å². The minimum atomic E-state index is -0.360. The largest absolute Gasteiger partial charge is 0.493 e. The number of ether oxygens (including phenoxy) is 2. The van der Waals surface area contributed by atoms with Crippen LogP contribution in [-0.4, -0.2) is 49.3 Å². The molecular weight excluding hydrogens is 400 g/mol. The highest BCUT2D eigenvalue weighted by Gasteiger charge is 2.23. The Morgan fingerprint density at radius 1 is 1.00 bits per heavy atom. The Morgan fingerprint density at radius 3 is 2.40 bits per heavy atom. The molecule has 7 heteroatoms. The first-order valence-electron chi connectivity index (χ1n) is 10.1. The molecule has 2 amide bonds. The summed E-state index contributed by atoms with van der Waals surface area (Å²) < 4.78 is 10.6. The number of hydrogen-bond acceptors (Lipinski definition) is 5. The minimum absolute atomic E-state index is 0.0224. The third-order valence-electron chi connectivity index (χ3n) is 5.10. The maximum absolute atomic E-state index is 12.9. The van der Waals surface area contributed by atoms with Gasteiger partial charge in [0.05, 0.1) is 30.7 Å². The van der Waals surface area contributed by atoms with Crippen LogP contribution < -0.4 is 14.8 Å². The van der Waals surface area contributed by atoms with Gasteiger partial charge in [0.1, 0.15) is 0 Å². The van der Waals surface area contributed by atoms with E-state index in [1.807, 2.05) is 42.2 Å². The summed E-state index contributed by atoms with van der Waals surface area (Å²) in [7, 11) is 3.17. The zero-order valence-electron chi connectivity index (χ0n) is 17.6. The van der Waals surface area contributed by atoms with E-state index in [0.717, 1.165) is 37.2 Å². The molecule has 30 heavy (non-hydrogen) atoms. The zero-order valence-corrected chi connectivity index (χ0v) is 18.5. The van der Waals surface area contributed by atoms with Crippen LogP contribution in [0.4, 0.5) is 5.69 Å². The summed E-state index contributed by atoms with van der Waals surface area (Å²) >= 11 is 1.42. The van der Waals surface area contributed by atoms with Crippen LogP contribution in [0.1, 0.15) is 36.5 Å². The standard InChI is InChI=1S/C23H28N2O4S/c1-16(30-17-11-12-20(28-2)21(15-17)29-3)22(26)24-19-10-6-5-9-18(19)23(27)25-13-7-4-8-14-25/h5-6,9-12,15-16H,4,7-8,13-14H2,1-3H3,(H,24,26)/t16-/m0/s1. The average Bonchev–Trinajstić information content (AvgIpc) is 2.79. The van der Waals surface area contributed by atoms with Gasteiger partial charge in [-0.25, -0.2) is 0 Å². The van der Waals surface area contributed by atoms with Crippen molar-refractivity contribution in [3.8, 4) is 11.5 Å². The Labute approximate surface area is 181 Å². The number of amides is 2. The van der Waals surface area contributed by atoms with Crippen molar-refractivity contribution in [2.45, 2.75) is 36.3 Å². The molecule has 0 spiro atoms. The molecule has 1 saturated heterocycles. The van der Waals surface area contributed by atoms with E-state index in [-0.39, 0.29) is 17.1 Å². The topological polar surface area (TPSA) is 67.9 Å². The summed E-state index contributed by atoms with van der Waals surface area (Å²) in [6.45, 7) is 3.38. The van der Waals surface area contributed by atoms with Crippen molar-refractivity contribution in [3.05, 3.63) is 48.0 Å². The number of carbonyl (C=O) groups is 2. The molecule has 3 rings (SSSR count). The number of anilines is 1. The fraction of sp³-hybridized carbons (Fsp3) is 0.391. The summed E-state index contributed by atoms with van der Waals surface area (Å²) in [6, 6.07) is 12.8. The van der Waals surface area contributed by atoms with E-state index in [0.29, 0.717) is 22.7 Å². The average molecular weight is 429 g/mol. The molecule has 0 aromatic heterocycles. The van der Waals surface area contributed by atoms with Crippen LogP contribution in [0.15, 0.2) is 47.4 Å². The van der Waals surface area contributed by atoms with Crippen LogP contribution in [0.25, 0.3) is 0 Å². The first-order chi connectivity index (χ1) is 14.5. The summed E-state index contributed by atoms with van der Waals surface area (Å²) in [5, 5.41) is 2.58. The molecule has 0 aliphatic carbocycles. The Hall–Kier alpha value is -2.67. The Bertz CT molecular complexity index is 897. The normalized spacial score (nSPS) is 14.7. The van der Waals surface area contributed by atoms with Crippen LogP contribution >= 0.6 is 11.8 Å². The molecule has 2 aromatic rings. The summed E-state index contributed by atoms with van der Waals surface area (Å²) in [5.41, 5.74) is 1.09. The molecule has 0 unspecified atom stereocenters. The second-order valence-electron chi connectivity index (χ2n) is 7.16. The molecule has 1 fully saturated rings. The van der Waals surface area contributed by atoms with E-state index in [9.17, 15) is 9.59 Å². The second-order valence-corrected chi connectivity index (χ2v) is 8.58. The van der Waals surface area contributed by atoms with Gasteiger partial charge in [0, 0.05) is 18.0 Å². The SMILES string of the molecule is COc1ccc(S[C@@H](C)C(=O)Nc2ccccc2C(=O)N2CCCCC2)cc1OC. The van der Waals surface area contributed by atoms with Gasteiger partial charge in [-0.1, -0.05) is 12.1 Å². The molecule has 1 aliphatic heterocycles. The Morgan fingerprint density at radius 2 is 1.70 bits per heavy atom. The van der Waals surface area contributed by atoms with Crippen LogP contribution in [0.5, 0.6) is 11.5 Å². The number of methoxy groups -OCH3 is 2. The Kier molecular flexibility index (Phi) is 7.63. The van der Waals surface area contributed by atoms with Gasteiger partial charge < -0.3 is 19.7 Å². The van der Waals surface area contributed by atoms with Crippen molar-refractivity contribution >= 4 is 29.3 Å². The van der Waals surface area contributed by atoms with Gasteiger partial charge in [-0.05, 0) is 56.5 Å². The number of nitrogens with one attached hydrogen (secondary N) is 1. The van der Waals surface area contributed by atoms with Crippen LogP contribution in [0.2, 0.25) is 0 Å². The zero-order chi connectivity index (χ0) is 21.5. The molecule has 1 atom stereocenters. The molecule has 0 radical (unpaired) electrons. The molecule has 6 nitrogen and oxygen atoms in total. The summed E-state index contributed by atoms with van der Waals surface area (Å²) in [4.78, 5) is 28.5. The van der Waals surface area contributed by atoms with E-state index in [1.165, 1.54) is 11.8 Å². The molecule has 2 aromatic carbocycles. The number of thioether (sulfide) groups is 1. The van der Waals surface area contributed by atoms with Gasteiger partial charge in [0.25, 0.3) is 5.91 Å². The number of rotatable bonds is 7. The predicted molar refractivity (Wildman–Crippen MR) is 120 cm³/mol. The lowest BCUT2D eigenvalue weighted by atomic mass is 10.1. The number of para-hydroxylation sites is 1. The number of hydrogen-bond donors (Lipinski definition) is 1. The van der Waals surface area contributed by atoms with Gasteiger partial charge in [0.15, 0.2) is 11.5 Å². The first-order valence-corrected chi connectivity index (χ1v) is 11.0. The van der Waals surface area contributed by atoms with E-state index < -0.39 is 0 Å². The maximum Gasteiger partial charge on any atom is 0.255 e. The van der Waals surface area contributed by atoms with E-state index in [2.05, 4.69) is 5.32 Å². The van der Waals surface area contributed by atoms with E-state index in [1.54, 1.807) is 26.4 Å². The highest BCUT2D eigenvalue weighted by Crippen LogP contribution is 2.34. The third kappa shape index (κ3) is 5.27. The van der Waals surface area contributed by atoms with Crippen molar-refractivity contribution in [1.82, 2.24) is 4.90 Å². The highest BCUT2D eigenvalue weighted by molar-refractivity contribution is 8.00. The lowest BCUT2D eigenvalue weighted by molar-refractivity contribution is -0.115. The lowest BCUT2D eigenvalue weighted by Gasteiger charge is -2.27. The summed E-state index contributed by atoms with van der Waals surface area (Å²) in [6.07, 6.45) is 3.21. The fourth-order valence-electron chi connectivity index (χ4n) is 3.43. The first kappa shape index (κ1) is 22.0. The molecule has 1 aliphatic rings. The van der Waals surface area contributed by atoms with Gasteiger partial charge in [0.2, 0.25) is 5.91 Å². The van der Waals surface area contributed by atoms with Crippen molar-refractivity contribution in [1.29, 1.82) is 0 Å². The van der Waals surface area contributed by atoms with Gasteiger partial charge in [-0.2, -0.15) is 0 Å². The quantitative estimate of drug-likeness (QED) is 0.660. The Balaban J connectivity index is 1.69. The van der Waals surface area contributed by atoms with Gasteiger partial charge >= 0.3 is 0 Å². The predicted octanol–water partition coefficient (Wildman–Crippen LogP) is 4.45. The van der Waals surface area contributed by atoms with Crippen molar-refractivity contribution < 1.29 is 19.1 Å². The van der Waals surface area contributed by atoms with E-state index >= 15 is 0 Å². The van der Waals surface area contributed by atoms with Crippen LogP contribution in [-0.2, 0) is 4.79 Å². The molecular formula is C23H28N2O4S. The smallest absolute Gasteiger partial charge is 0.255 e. The maximum atomic E-state index is 12.9. The number of nitrogens with zero attached hydrogens (tertiary/aromatic N) is 1. The highest BCUT2D eigenvalue weighted by atomic mass is 32.2. The number of piperidine rings is 1. The lowest BCUT2D eigenvalue weighted by Crippen LogP contribution is -2.36. The molecule has 0 saturated carbocycles. The second kappa shape index (κ2) is 10.4. The fourth-order valence-corrected chi connectivity index (χ4v) is 4.32. The molecule has 0 bridgehead atoms. The number of likely N-dealkylation sites (tertiary alicyclic amines) is 1. The van der Waals surface area contributed by atoms with Crippen molar-refractivity contribution in [2.24, 2.45) is 0 Å². The number of carbonyl (C=O) groups excluding carboxylic acids is 2. The molecule has 1 N–H and O–H groups in total. The van der Waals surface area contributed by atoms with Crippen molar-refractivity contribution in [3.63, 3.8) is 0 Å². The van der Waals surface area contributed by atoms with Crippen LogP contribution in [0, 0.1) is 0 Å². The molecule has 160 valence electrons. The summed E-state index contributed by atoms with van der Waals surface area (Å²) in [5.74, 6) is 1.08. The van der Waals surface area contributed by atoms with Gasteiger partial charge in [-0.3, -0.25) is 9.59 Å². The number of benzene rings is 2. The third-order valence-corrected chi connectivity index (χ3v) is 6.19. The minimum Gasteiger partial charge on any atom is -0.493 e. The monoisotopic (exact) mass is 428 g/mol. The molecule has 1 heterocycles. The van der Waals surface area contributed by atoms with Gasteiger partial charge in [-0.15, -0.1) is 11.8 Å².